The number of hydroxylamine groups is 1. The third kappa shape index (κ3) is 6.45. The Kier molecular flexibility index (Phi) is 8.61. The molecule has 0 saturated heterocycles. The Morgan fingerprint density at radius 3 is 2.26 bits per heavy atom. The van der Waals surface area contributed by atoms with Crippen LogP contribution < -0.4 is 10.8 Å². The number of amides is 2. The topological polar surface area (TPSA) is 116 Å². The van der Waals surface area contributed by atoms with Gasteiger partial charge in [0.25, 0.3) is 5.91 Å². The number of nitrogens with zero attached hydrogens (tertiary/aromatic N) is 1. The van der Waals surface area contributed by atoms with E-state index in [1.807, 2.05) is 30.3 Å². The van der Waals surface area contributed by atoms with Crippen LogP contribution in [0.1, 0.15) is 32.8 Å². The number of aryl methyl sites for hydroxylation is 1. The highest BCUT2D eigenvalue weighted by molar-refractivity contribution is 7.89. The minimum atomic E-state index is -4.08. The van der Waals surface area contributed by atoms with E-state index in [1.165, 1.54) is 17.3 Å². The van der Waals surface area contributed by atoms with Crippen LogP contribution in [0, 0.1) is 5.92 Å². The molecule has 0 aliphatic carbocycles. The van der Waals surface area contributed by atoms with E-state index in [4.69, 9.17) is 0 Å². The third-order valence-corrected chi connectivity index (χ3v) is 7.62. The lowest BCUT2D eigenvalue weighted by Gasteiger charge is -2.32. The maximum atomic E-state index is 13.8. The SMILES string of the molecule is CC(=O)Nc1ccc2cc(S(=O)(=O)N(CCCc3ccccc3)[C@@H](C(=O)NO)C(C)C)ccc2c1. The molecule has 0 radical (unpaired) electrons. The van der Waals surface area contributed by atoms with Crippen molar-refractivity contribution in [3.8, 4) is 0 Å². The van der Waals surface area contributed by atoms with E-state index in [0.717, 1.165) is 10.9 Å². The zero-order valence-electron chi connectivity index (χ0n) is 20.1. The van der Waals surface area contributed by atoms with Gasteiger partial charge < -0.3 is 5.32 Å². The lowest BCUT2D eigenvalue weighted by Crippen LogP contribution is -2.52. The van der Waals surface area contributed by atoms with Crippen molar-refractivity contribution >= 4 is 38.3 Å². The van der Waals surface area contributed by atoms with Gasteiger partial charge in [-0.3, -0.25) is 14.8 Å². The average molecular weight is 498 g/mol. The number of carbonyl (C=O) groups is 2. The second-order valence-electron chi connectivity index (χ2n) is 8.77. The first-order valence-corrected chi connectivity index (χ1v) is 12.9. The normalized spacial score (nSPS) is 12.6. The summed E-state index contributed by atoms with van der Waals surface area (Å²) in [6, 6.07) is 18.5. The van der Waals surface area contributed by atoms with Crippen molar-refractivity contribution in [2.45, 2.75) is 44.6 Å². The highest BCUT2D eigenvalue weighted by Crippen LogP contribution is 2.27. The second kappa shape index (κ2) is 11.4. The fraction of sp³-hybridized carbons (Fsp3) is 0.308. The number of anilines is 1. The molecule has 0 unspecified atom stereocenters. The first-order chi connectivity index (χ1) is 16.6. The fourth-order valence-corrected chi connectivity index (χ4v) is 5.92. The van der Waals surface area contributed by atoms with Crippen molar-refractivity contribution < 1.29 is 23.2 Å². The van der Waals surface area contributed by atoms with E-state index in [0.29, 0.717) is 23.9 Å². The van der Waals surface area contributed by atoms with Crippen LogP contribution in [0.5, 0.6) is 0 Å². The lowest BCUT2D eigenvalue weighted by atomic mass is 10.0. The van der Waals surface area contributed by atoms with Crippen molar-refractivity contribution in [2.75, 3.05) is 11.9 Å². The van der Waals surface area contributed by atoms with Crippen LogP contribution in [-0.2, 0) is 26.0 Å². The number of hydrogen-bond acceptors (Lipinski definition) is 5. The van der Waals surface area contributed by atoms with Crippen molar-refractivity contribution in [3.63, 3.8) is 0 Å². The lowest BCUT2D eigenvalue weighted by molar-refractivity contribution is -0.134. The molecule has 186 valence electrons. The Morgan fingerprint density at radius 2 is 1.63 bits per heavy atom. The molecular weight excluding hydrogens is 466 g/mol. The minimum absolute atomic E-state index is 0.0494. The molecule has 35 heavy (non-hydrogen) atoms. The van der Waals surface area contributed by atoms with Gasteiger partial charge in [0.1, 0.15) is 6.04 Å². The van der Waals surface area contributed by atoms with Gasteiger partial charge in [-0.15, -0.1) is 0 Å². The molecule has 0 fully saturated rings. The molecule has 3 N–H and O–H groups in total. The number of carbonyl (C=O) groups excluding carboxylic acids is 2. The van der Waals surface area contributed by atoms with E-state index < -0.39 is 22.0 Å². The van der Waals surface area contributed by atoms with Crippen molar-refractivity contribution in [3.05, 3.63) is 72.3 Å². The largest absolute Gasteiger partial charge is 0.326 e. The smallest absolute Gasteiger partial charge is 0.262 e. The molecule has 3 aromatic carbocycles. The van der Waals surface area contributed by atoms with Crippen LogP contribution in [0.2, 0.25) is 0 Å². The number of benzene rings is 3. The number of sulfonamides is 1. The molecular formula is C26H31N3O5S. The summed E-state index contributed by atoms with van der Waals surface area (Å²) in [6.07, 6.45) is 1.14. The van der Waals surface area contributed by atoms with Gasteiger partial charge >= 0.3 is 0 Å². The number of fused-ring (bicyclic) bond motifs is 1. The van der Waals surface area contributed by atoms with Gasteiger partial charge in [-0.2, -0.15) is 4.31 Å². The summed E-state index contributed by atoms with van der Waals surface area (Å²) in [5.74, 6) is -1.35. The van der Waals surface area contributed by atoms with E-state index >= 15 is 0 Å². The molecule has 0 heterocycles. The van der Waals surface area contributed by atoms with Crippen LogP contribution in [-0.4, -0.2) is 42.3 Å². The van der Waals surface area contributed by atoms with Gasteiger partial charge in [-0.25, -0.2) is 13.9 Å². The molecule has 8 nitrogen and oxygen atoms in total. The monoisotopic (exact) mass is 497 g/mol. The summed E-state index contributed by atoms with van der Waals surface area (Å²) in [5, 5.41) is 13.5. The predicted molar refractivity (Wildman–Crippen MR) is 135 cm³/mol. The van der Waals surface area contributed by atoms with Crippen LogP contribution in [0.15, 0.2) is 71.6 Å². The molecule has 0 aromatic heterocycles. The van der Waals surface area contributed by atoms with Gasteiger partial charge in [-0.1, -0.05) is 56.3 Å². The maximum absolute atomic E-state index is 13.8. The van der Waals surface area contributed by atoms with Gasteiger partial charge in [0.15, 0.2) is 0 Å². The zero-order valence-corrected chi connectivity index (χ0v) is 20.9. The van der Waals surface area contributed by atoms with E-state index in [-0.39, 0.29) is 23.3 Å². The summed E-state index contributed by atoms with van der Waals surface area (Å²) in [4.78, 5) is 23.9. The Hall–Kier alpha value is -3.27. The van der Waals surface area contributed by atoms with Crippen LogP contribution >= 0.6 is 0 Å². The second-order valence-corrected chi connectivity index (χ2v) is 10.7. The molecule has 9 heteroatoms. The number of nitrogens with one attached hydrogen (secondary N) is 2. The molecule has 0 saturated carbocycles. The molecule has 0 aliphatic heterocycles. The third-order valence-electron chi connectivity index (χ3n) is 5.75. The molecule has 0 aliphatic rings. The maximum Gasteiger partial charge on any atom is 0.262 e. The van der Waals surface area contributed by atoms with Crippen LogP contribution in [0.4, 0.5) is 5.69 Å². The molecule has 3 aromatic rings. The summed E-state index contributed by atoms with van der Waals surface area (Å²) >= 11 is 0. The zero-order chi connectivity index (χ0) is 25.6. The van der Waals surface area contributed by atoms with Crippen LogP contribution in [0.25, 0.3) is 10.8 Å². The Balaban J connectivity index is 1.96. The van der Waals surface area contributed by atoms with Crippen molar-refractivity contribution in [1.82, 2.24) is 9.79 Å². The Labute approximate surface area is 206 Å². The van der Waals surface area contributed by atoms with Gasteiger partial charge in [0, 0.05) is 19.2 Å². The average Bonchev–Trinajstić information content (AvgIpc) is 2.82. The first kappa shape index (κ1) is 26.3. The van der Waals surface area contributed by atoms with Gasteiger partial charge in [-0.05, 0) is 59.4 Å². The summed E-state index contributed by atoms with van der Waals surface area (Å²) in [6.45, 7) is 5.00. The summed E-state index contributed by atoms with van der Waals surface area (Å²) in [7, 11) is -4.08. The molecule has 3 rings (SSSR count). The molecule has 0 spiro atoms. The van der Waals surface area contributed by atoms with Gasteiger partial charge in [0.05, 0.1) is 4.90 Å². The predicted octanol–water partition coefficient (Wildman–Crippen LogP) is 3.95. The van der Waals surface area contributed by atoms with Crippen molar-refractivity contribution in [1.29, 1.82) is 0 Å². The van der Waals surface area contributed by atoms with E-state index in [9.17, 15) is 23.2 Å². The highest BCUT2D eigenvalue weighted by atomic mass is 32.2. The summed E-state index contributed by atoms with van der Waals surface area (Å²) < 4.78 is 28.8. The fourth-order valence-electron chi connectivity index (χ4n) is 4.13. The standard InChI is InChI=1S/C26H31N3O5S/c1-18(2)25(26(31)28-32)29(15-7-10-20-8-5-4-6-9-20)35(33,34)24-14-12-21-16-23(27-19(3)30)13-11-22(21)17-24/h4-6,8-9,11-14,16-18,25,32H,7,10,15H2,1-3H3,(H,27,30)(H,28,31)/t25-/m1/s1. The Bertz CT molecular complexity index is 1290. The summed E-state index contributed by atoms with van der Waals surface area (Å²) in [5.41, 5.74) is 3.31. The number of hydrogen-bond donors (Lipinski definition) is 3. The Morgan fingerprint density at radius 1 is 0.971 bits per heavy atom. The van der Waals surface area contributed by atoms with E-state index in [1.54, 1.807) is 49.7 Å². The highest BCUT2D eigenvalue weighted by Gasteiger charge is 2.37. The first-order valence-electron chi connectivity index (χ1n) is 11.4. The number of rotatable bonds is 10. The van der Waals surface area contributed by atoms with Gasteiger partial charge in [0.2, 0.25) is 15.9 Å². The minimum Gasteiger partial charge on any atom is -0.326 e. The molecule has 2 amide bonds. The van der Waals surface area contributed by atoms with E-state index in [2.05, 4.69) is 5.32 Å². The molecule has 0 bridgehead atoms. The van der Waals surface area contributed by atoms with Crippen molar-refractivity contribution in [2.24, 2.45) is 5.92 Å². The quantitative estimate of drug-likeness (QED) is 0.290. The van der Waals surface area contributed by atoms with Crippen LogP contribution in [0.3, 0.4) is 0 Å². The molecule has 1 atom stereocenters.